The number of phosphoric ester groups is 1. The summed E-state index contributed by atoms with van der Waals surface area (Å²) in [5.74, 6) is -0.557. The number of phosphoric acid groups is 1. The van der Waals surface area contributed by atoms with Gasteiger partial charge in [0, 0.05) is 12.8 Å². The molecule has 0 saturated heterocycles. The van der Waals surface area contributed by atoms with Crippen molar-refractivity contribution in [3.8, 4) is 0 Å². The number of hydrogen-bond donors (Lipinski definition) is 1. The average molecular weight is 1030 g/mol. The highest BCUT2D eigenvalue weighted by Crippen LogP contribution is 2.38. The lowest BCUT2D eigenvalue weighted by molar-refractivity contribution is -0.870. The summed E-state index contributed by atoms with van der Waals surface area (Å²) in [7, 11) is 1.17. The highest BCUT2D eigenvalue weighted by atomic mass is 31.2. The van der Waals surface area contributed by atoms with E-state index < -0.39 is 26.6 Å². The number of carbonyl (C=O) groups excluding carboxylic acids is 2. The molecule has 0 aromatic heterocycles. The summed E-state index contributed by atoms with van der Waals surface area (Å²) in [6.45, 7) is 6.73. The van der Waals surface area contributed by atoms with Gasteiger partial charge in [-0.05, 0) is 89.5 Å². The van der Waals surface area contributed by atoms with E-state index in [1.54, 1.807) is 0 Å². The number of allylic oxidation sites excluding steroid dienone is 9. The van der Waals surface area contributed by atoms with Crippen molar-refractivity contribution in [3.63, 3.8) is 0 Å². The molecule has 3 unspecified atom stereocenters. The Bertz CT molecular complexity index is 1420. The van der Waals surface area contributed by atoms with E-state index in [9.17, 15) is 19.0 Å². The lowest BCUT2D eigenvalue weighted by Crippen LogP contribution is -2.47. The molecule has 1 N–H and O–H groups in total. The maximum atomic E-state index is 13.5. The van der Waals surface area contributed by atoms with Gasteiger partial charge in [0.2, 0.25) is 5.91 Å². The van der Waals surface area contributed by atoms with Crippen LogP contribution in [0.15, 0.2) is 60.8 Å². The second-order valence-electron chi connectivity index (χ2n) is 21.5. The fourth-order valence-electron chi connectivity index (χ4n) is 8.53. The van der Waals surface area contributed by atoms with Crippen LogP contribution in [0.3, 0.4) is 0 Å². The monoisotopic (exact) mass is 1030 g/mol. The van der Waals surface area contributed by atoms with Gasteiger partial charge in [-0.25, -0.2) is 0 Å². The molecule has 420 valence electrons. The van der Waals surface area contributed by atoms with Crippen LogP contribution in [-0.2, 0) is 27.9 Å². The number of unbranched alkanes of at least 4 members (excludes halogenated alkanes) is 30. The van der Waals surface area contributed by atoms with Crippen molar-refractivity contribution >= 4 is 19.7 Å². The van der Waals surface area contributed by atoms with Gasteiger partial charge in [-0.1, -0.05) is 230 Å². The van der Waals surface area contributed by atoms with Crippen molar-refractivity contribution in [2.45, 2.75) is 283 Å². The second kappa shape index (κ2) is 52.2. The molecule has 0 saturated carbocycles. The molecule has 0 rings (SSSR count). The van der Waals surface area contributed by atoms with Crippen LogP contribution in [0.4, 0.5) is 0 Å². The van der Waals surface area contributed by atoms with E-state index in [0.717, 1.165) is 116 Å². The molecule has 0 spiro atoms. The van der Waals surface area contributed by atoms with Crippen LogP contribution in [-0.4, -0.2) is 69.4 Å². The van der Waals surface area contributed by atoms with Crippen LogP contribution in [0.25, 0.3) is 0 Å². The zero-order valence-corrected chi connectivity index (χ0v) is 48.8. The van der Waals surface area contributed by atoms with Gasteiger partial charge >= 0.3 is 5.97 Å². The van der Waals surface area contributed by atoms with Crippen molar-refractivity contribution in [1.82, 2.24) is 5.32 Å². The molecule has 3 atom stereocenters. The summed E-state index contributed by atoms with van der Waals surface area (Å²) < 4.78 is 30.3. The lowest BCUT2D eigenvalue weighted by atomic mass is 10.0. The van der Waals surface area contributed by atoms with E-state index in [1.165, 1.54) is 122 Å². The zero-order chi connectivity index (χ0) is 52.9. The normalized spacial score (nSPS) is 14.2. The van der Waals surface area contributed by atoms with Crippen molar-refractivity contribution in [3.05, 3.63) is 60.8 Å². The van der Waals surface area contributed by atoms with Gasteiger partial charge < -0.3 is 28.5 Å². The molecule has 0 heterocycles. The molecule has 9 nitrogen and oxygen atoms in total. The smallest absolute Gasteiger partial charge is 0.306 e. The molecular weight excluding hydrogens is 916 g/mol. The van der Waals surface area contributed by atoms with Gasteiger partial charge in [0.1, 0.15) is 19.3 Å². The Hall–Kier alpha value is -2.29. The standard InChI is InChI=1S/C62H115N2O7P/c1-7-10-13-16-19-22-25-28-30-32-34-37-40-43-46-49-52-55-62(66)71-60(53-50-47-44-41-38-35-27-24-21-18-15-12-9-3)59(58-70-72(67,68)69-57-56-64(4,5)6)63-61(65)54-51-48-45-42-39-36-33-31-29-26-23-20-17-14-11-8-2/h11,14,20,23,28-31,50,53,59-60H,7-10,12-13,15-19,21-22,24-27,32-49,51-52,54-58H2,1-6H3,(H-,63,65,67,68)/b14-11+,23-20+,30-28+,31-29+,53-50+. The fraction of sp³-hybridized carbons (Fsp3) is 0.806. The van der Waals surface area contributed by atoms with Crippen molar-refractivity contribution in [2.75, 3.05) is 40.9 Å². The van der Waals surface area contributed by atoms with Crippen LogP contribution >= 0.6 is 7.82 Å². The third kappa shape index (κ3) is 52.6. The molecule has 1 amide bonds. The summed E-state index contributed by atoms with van der Waals surface area (Å²) in [6.07, 6.45) is 64.6. The Morgan fingerprint density at radius 3 is 1.35 bits per heavy atom. The van der Waals surface area contributed by atoms with Gasteiger partial charge in [-0.2, -0.15) is 0 Å². The van der Waals surface area contributed by atoms with Gasteiger partial charge in [-0.15, -0.1) is 0 Å². The number of rotatable bonds is 54. The fourth-order valence-corrected chi connectivity index (χ4v) is 9.25. The summed E-state index contributed by atoms with van der Waals surface area (Å²) in [4.78, 5) is 39.9. The van der Waals surface area contributed by atoms with Crippen LogP contribution in [0.1, 0.15) is 271 Å². The van der Waals surface area contributed by atoms with Crippen molar-refractivity contribution in [2.24, 2.45) is 0 Å². The average Bonchev–Trinajstić information content (AvgIpc) is 3.34. The predicted molar refractivity (Wildman–Crippen MR) is 307 cm³/mol. The van der Waals surface area contributed by atoms with Gasteiger partial charge in [-0.3, -0.25) is 14.2 Å². The minimum absolute atomic E-state index is 0.0268. The Labute approximate surface area is 445 Å². The molecule has 0 bridgehead atoms. The number of nitrogens with zero attached hydrogens (tertiary/aromatic N) is 1. The van der Waals surface area contributed by atoms with Crippen LogP contribution < -0.4 is 10.2 Å². The Balaban J connectivity index is 5.35. The number of esters is 1. The molecule has 0 aliphatic carbocycles. The number of likely N-dealkylation sites (N-methyl/N-ethyl adjacent to an activating group) is 1. The molecule has 0 fully saturated rings. The predicted octanol–water partition coefficient (Wildman–Crippen LogP) is 17.6. The second-order valence-corrected chi connectivity index (χ2v) is 22.9. The topological polar surface area (TPSA) is 114 Å². The van der Waals surface area contributed by atoms with E-state index in [1.807, 2.05) is 33.3 Å². The molecule has 10 heteroatoms. The van der Waals surface area contributed by atoms with E-state index in [-0.39, 0.29) is 24.9 Å². The van der Waals surface area contributed by atoms with Crippen LogP contribution in [0, 0.1) is 0 Å². The minimum Gasteiger partial charge on any atom is -0.756 e. The van der Waals surface area contributed by atoms with Gasteiger partial charge in [0.15, 0.2) is 0 Å². The van der Waals surface area contributed by atoms with Crippen LogP contribution in [0.2, 0.25) is 0 Å². The molecule has 0 aromatic rings. The number of hydrogen-bond acceptors (Lipinski definition) is 7. The summed E-state index contributed by atoms with van der Waals surface area (Å²) in [5.41, 5.74) is 0. The zero-order valence-electron chi connectivity index (χ0n) is 47.9. The minimum atomic E-state index is -4.70. The number of carbonyl (C=O) groups is 2. The Morgan fingerprint density at radius 2 is 0.889 bits per heavy atom. The first-order valence-corrected chi connectivity index (χ1v) is 31.6. The highest BCUT2D eigenvalue weighted by Gasteiger charge is 2.27. The Morgan fingerprint density at radius 1 is 0.500 bits per heavy atom. The summed E-state index contributed by atoms with van der Waals surface area (Å²) in [6, 6.07) is -0.897. The quantitative estimate of drug-likeness (QED) is 0.0212. The first-order valence-electron chi connectivity index (χ1n) is 30.1. The first kappa shape index (κ1) is 69.7. The highest BCUT2D eigenvalue weighted by molar-refractivity contribution is 7.45. The largest absolute Gasteiger partial charge is 0.756 e. The first-order chi connectivity index (χ1) is 34.9. The molecule has 0 aromatic carbocycles. The Kier molecular flexibility index (Phi) is 50.5. The van der Waals surface area contributed by atoms with E-state index in [2.05, 4.69) is 74.7 Å². The summed E-state index contributed by atoms with van der Waals surface area (Å²) in [5, 5.41) is 3.02. The molecule has 0 radical (unpaired) electrons. The lowest BCUT2D eigenvalue weighted by Gasteiger charge is -2.30. The number of amides is 1. The van der Waals surface area contributed by atoms with E-state index >= 15 is 0 Å². The number of quaternary nitrogens is 1. The third-order valence-electron chi connectivity index (χ3n) is 13.2. The van der Waals surface area contributed by atoms with Crippen molar-refractivity contribution in [1.29, 1.82) is 0 Å². The maximum absolute atomic E-state index is 13.5. The maximum Gasteiger partial charge on any atom is 0.306 e. The summed E-state index contributed by atoms with van der Waals surface area (Å²) >= 11 is 0. The molecule has 0 aliphatic heterocycles. The molecular formula is C62H115N2O7P. The number of ether oxygens (including phenoxy) is 1. The van der Waals surface area contributed by atoms with E-state index in [4.69, 9.17) is 13.8 Å². The molecule has 72 heavy (non-hydrogen) atoms. The van der Waals surface area contributed by atoms with Crippen molar-refractivity contribution < 1.29 is 37.3 Å². The van der Waals surface area contributed by atoms with Crippen LogP contribution in [0.5, 0.6) is 0 Å². The number of nitrogens with one attached hydrogen (secondary N) is 1. The van der Waals surface area contributed by atoms with Gasteiger partial charge in [0.25, 0.3) is 7.82 Å². The van der Waals surface area contributed by atoms with E-state index in [0.29, 0.717) is 17.4 Å². The third-order valence-corrected chi connectivity index (χ3v) is 14.1. The SMILES string of the molecule is CC/C=C/C/C=C/C/C=C/CCCCCCCCC(=O)NC(COP(=O)([O-])OCC[N+](C)(C)C)C(/C=C/CCCCCCCCCCCCC)OC(=O)CCCCCCCCC/C=C/CCCCCCCC. The molecule has 0 aliphatic rings. The van der Waals surface area contributed by atoms with Gasteiger partial charge in [0.05, 0.1) is 33.8 Å².